The van der Waals surface area contributed by atoms with Crippen LogP contribution in [0.15, 0.2) is 36.4 Å². The molecule has 5 N–H and O–H groups in total. The first-order valence-corrected chi connectivity index (χ1v) is 11.3. The molecule has 2 aromatic carbocycles. The molecule has 0 atom stereocenters. The smallest absolute Gasteiger partial charge is 0.325 e. The molecule has 0 heterocycles. The maximum Gasteiger partial charge on any atom is 0.325 e. The molecule has 0 unspecified atom stereocenters. The lowest BCUT2D eigenvalue weighted by Crippen LogP contribution is -2.34. The molecule has 0 aliphatic rings. The first kappa shape index (κ1) is 31.5. The predicted molar refractivity (Wildman–Crippen MR) is 140 cm³/mol. The van der Waals surface area contributed by atoms with Gasteiger partial charge in [0.25, 0.3) is 11.8 Å². The number of nitrogen functional groups attached to an aromatic ring is 1. The van der Waals surface area contributed by atoms with Gasteiger partial charge in [-0.3, -0.25) is 19.8 Å². The van der Waals surface area contributed by atoms with Crippen LogP contribution < -0.4 is 25.8 Å². The van der Waals surface area contributed by atoms with Gasteiger partial charge in [-0.05, 0) is 31.2 Å². The van der Waals surface area contributed by atoms with Gasteiger partial charge in [-0.15, -0.1) is 12.4 Å². The maximum atomic E-state index is 12.8. The van der Waals surface area contributed by atoms with Crippen LogP contribution in [0.3, 0.4) is 0 Å². The number of amidine groups is 1. The van der Waals surface area contributed by atoms with Crippen molar-refractivity contribution >= 4 is 47.6 Å². The number of hydrogen-bond donors (Lipinski definition) is 4. The first-order chi connectivity index (χ1) is 17.2. The molecule has 0 saturated heterocycles. The van der Waals surface area contributed by atoms with E-state index in [9.17, 15) is 14.4 Å². The summed E-state index contributed by atoms with van der Waals surface area (Å²) in [6, 6.07) is 9.36. The second kappa shape index (κ2) is 16.3. The highest BCUT2D eigenvalue weighted by molar-refractivity contribution is 6.31. The van der Waals surface area contributed by atoms with Crippen LogP contribution in [0.5, 0.6) is 11.5 Å². The van der Waals surface area contributed by atoms with Crippen molar-refractivity contribution in [2.75, 3.05) is 40.1 Å². The van der Waals surface area contributed by atoms with E-state index in [-0.39, 0.29) is 49.3 Å². The monoisotopic (exact) mass is 556 g/mol. The van der Waals surface area contributed by atoms with Crippen LogP contribution in [0, 0.1) is 5.41 Å². The zero-order chi connectivity index (χ0) is 26.5. The number of carbonyl (C=O) groups excluding carboxylic acids is 3. The Kier molecular flexibility index (Phi) is 13.8. The van der Waals surface area contributed by atoms with Crippen LogP contribution in [0.4, 0.5) is 0 Å². The number of hydrogen-bond acceptors (Lipinski definition) is 8. The fraction of sp³-hybridized carbons (Fsp3) is 0.333. The molecule has 0 bridgehead atoms. The van der Waals surface area contributed by atoms with Gasteiger partial charge in [-0.2, -0.15) is 0 Å². The third kappa shape index (κ3) is 10.9. The molecular formula is C24H30Cl2N4O7. The molecule has 0 aliphatic heterocycles. The van der Waals surface area contributed by atoms with Gasteiger partial charge in [-0.25, -0.2) is 0 Å². The lowest BCUT2D eigenvalue weighted by molar-refractivity contribution is -0.143. The first-order valence-electron chi connectivity index (χ1n) is 11.0. The van der Waals surface area contributed by atoms with Gasteiger partial charge in [0.1, 0.15) is 30.5 Å². The molecule has 2 amide bonds. The summed E-state index contributed by atoms with van der Waals surface area (Å²) in [4.78, 5) is 36.2. The predicted octanol–water partition coefficient (Wildman–Crippen LogP) is 2.06. The minimum absolute atomic E-state index is 0. The number of carbonyl (C=O) groups is 3. The summed E-state index contributed by atoms with van der Waals surface area (Å²) >= 11 is 6.12. The molecule has 11 nitrogen and oxygen atoms in total. The Morgan fingerprint density at radius 2 is 1.78 bits per heavy atom. The Bertz CT molecular complexity index is 1100. The van der Waals surface area contributed by atoms with Gasteiger partial charge in [0.2, 0.25) is 0 Å². The van der Waals surface area contributed by atoms with Crippen molar-refractivity contribution in [3.63, 3.8) is 0 Å². The molecule has 0 radical (unpaired) electrons. The van der Waals surface area contributed by atoms with Crippen LogP contribution in [-0.2, 0) is 25.6 Å². The van der Waals surface area contributed by atoms with E-state index < -0.39 is 24.4 Å². The Morgan fingerprint density at radius 3 is 2.46 bits per heavy atom. The van der Waals surface area contributed by atoms with Crippen LogP contribution in [0.2, 0.25) is 5.02 Å². The van der Waals surface area contributed by atoms with Crippen LogP contribution in [-0.4, -0.2) is 63.7 Å². The average molecular weight is 557 g/mol. The number of nitrogens with one attached hydrogen (secondary N) is 3. The normalized spacial score (nSPS) is 10.0. The van der Waals surface area contributed by atoms with Crippen molar-refractivity contribution < 1.29 is 33.3 Å². The summed E-state index contributed by atoms with van der Waals surface area (Å²) in [5, 5.41) is 13.1. The summed E-state index contributed by atoms with van der Waals surface area (Å²) in [6.45, 7) is 1.90. The summed E-state index contributed by atoms with van der Waals surface area (Å²) < 4.78 is 20.8. The SMILES string of the molecule is CCOC(=O)CNC(=O)COc1cc(C(=N)N)ccc1CNC(=O)c1cc(Cl)cc(OCCOC)c1.Cl. The van der Waals surface area contributed by atoms with Gasteiger partial charge in [0, 0.05) is 35.4 Å². The number of benzene rings is 2. The van der Waals surface area contributed by atoms with Crippen LogP contribution in [0.25, 0.3) is 0 Å². The van der Waals surface area contributed by atoms with Crippen molar-refractivity contribution in [2.45, 2.75) is 13.5 Å². The molecule has 202 valence electrons. The molecule has 0 fully saturated rings. The van der Waals surface area contributed by atoms with E-state index in [1.165, 1.54) is 12.1 Å². The van der Waals surface area contributed by atoms with E-state index in [0.29, 0.717) is 35.1 Å². The maximum absolute atomic E-state index is 12.8. The van der Waals surface area contributed by atoms with E-state index in [2.05, 4.69) is 10.6 Å². The fourth-order valence-electron chi connectivity index (χ4n) is 2.88. The van der Waals surface area contributed by atoms with Crippen molar-refractivity contribution in [3.8, 4) is 11.5 Å². The number of esters is 1. The number of rotatable bonds is 14. The second-order valence-electron chi connectivity index (χ2n) is 7.31. The van der Waals surface area contributed by atoms with Crippen molar-refractivity contribution in [3.05, 3.63) is 58.1 Å². The zero-order valence-corrected chi connectivity index (χ0v) is 22.0. The summed E-state index contributed by atoms with van der Waals surface area (Å²) in [6.07, 6.45) is 0. The third-order valence-electron chi connectivity index (χ3n) is 4.60. The minimum atomic E-state index is -0.568. The topological polar surface area (TPSA) is 162 Å². The van der Waals surface area contributed by atoms with Gasteiger partial charge in [0.05, 0.1) is 13.2 Å². The second-order valence-corrected chi connectivity index (χ2v) is 7.74. The van der Waals surface area contributed by atoms with Crippen molar-refractivity contribution in [2.24, 2.45) is 5.73 Å². The molecule has 0 spiro atoms. The van der Waals surface area contributed by atoms with Gasteiger partial charge < -0.3 is 35.3 Å². The van der Waals surface area contributed by atoms with Crippen LogP contribution >= 0.6 is 24.0 Å². The van der Waals surface area contributed by atoms with Crippen LogP contribution in [0.1, 0.15) is 28.4 Å². The fourth-order valence-corrected chi connectivity index (χ4v) is 3.10. The molecule has 2 aromatic rings. The highest BCUT2D eigenvalue weighted by atomic mass is 35.5. The van der Waals surface area contributed by atoms with Crippen molar-refractivity contribution in [1.29, 1.82) is 5.41 Å². The van der Waals surface area contributed by atoms with E-state index in [1.54, 1.807) is 38.3 Å². The Labute approximate surface area is 225 Å². The Hall–Kier alpha value is -3.54. The largest absolute Gasteiger partial charge is 0.491 e. The summed E-state index contributed by atoms with van der Waals surface area (Å²) in [5.41, 5.74) is 6.76. The molecule has 13 heteroatoms. The van der Waals surface area contributed by atoms with Gasteiger partial charge in [0.15, 0.2) is 6.61 Å². The Morgan fingerprint density at radius 1 is 1.03 bits per heavy atom. The van der Waals surface area contributed by atoms with E-state index in [4.69, 9.17) is 41.7 Å². The lowest BCUT2D eigenvalue weighted by Gasteiger charge is -2.14. The summed E-state index contributed by atoms with van der Waals surface area (Å²) in [5.74, 6) is -1.06. The molecule has 0 aliphatic carbocycles. The standard InChI is InChI=1S/C24H29ClN4O7.ClH/c1-3-34-22(31)13-28-21(30)14-36-20-10-15(23(26)27)4-5-16(20)12-29-24(32)17-8-18(25)11-19(9-17)35-7-6-33-2;/h4-5,8-11H,3,6-7,12-14H2,1-2H3,(H3,26,27)(H,28,30)(H,29,32);1H. The lowest BCUT2D eigenvalue weighted by atomic mass is 10.1. The molecule has 0 aromatic heterocycles. The molecular weight excluding hydrogens is 527 g/mol. The van der Waals surface area contributed by atoms with Gasteiger partial charge in [-0.1, -0.05) is 23.7 Å². The van der Waals surface area contributed by atoms with E-state index >= 15 is 0 Å². The zero-order valence-electron chi connectivity index (χ0n) is 20.4. The minimum Gasteiger partial charge on any atom is -0.491 e. The van der Waals surface area contributed by atoms with Gasteiger partial charge >= 0.3 is 5.97 Å². The number of ether oxygens (including phenoxy) is 4. The average Bonchev–Trinajstić information content (AvgIpc) is 2.84. The van der Waals surface area contributed by atoms with Crippen molar-refractivity contribution in [1.82, 2.24) is 10.6 Å². The number of nitrogens with two attached hydrogens (primary N) is 1. The summed E-state index contributed by atoms with van der Waals surface area (Å²) in [7, 11) is 1.55. The number of methoxy groups -OCH3 is 1. The number of amides is 2. The highest BCUT2D eigenvalue weighted by Gasteiger charge is 2.14. The number of halogens is 2. The van der Waals surface area contributed by atoms with E-state index in [1.807, 2.05) is 0 Å². The molecule has 0 saturated carbocycles. The van der Waals surface area contributed by atoms with E-state index in [0.717, 1.165) is 0 Å². The Balaban J connectivity index is 0.00000684. The third-order valence-corrected chi connectivity index (χ3v) is 4.82. The highest BCUT2D eigenvalue weighted by Crippen LogP contribution is 2.23. The molecule has 37 heavy (non-hydrogen) atoms. The quantitative estimate of drug-likeness (QED) is 0.119. The molecule has 2 rings (SSSR count).